The standard InChI is InChI=1S/C70H46N2O/c1-3-13-47(14-4-1)48-23-25-51(26-24-48)53-35-40-59(41-36-53)71(67-46-57-15-7-8-18-61(57)69-63-20-10-12-22-68(63)73-70(67)69)60-42-37-54(38-43-60)52-29-27-49(28-30-52)50-31-33-55(34-32-50)56-39-44-66-64(45-56)62-19-9-11-21-65(62)72(66)58-16-5-2-6-17-58/h1-46H. The molecule has 2 aromatic heterocycles. The van der Waals surface area contributed by atoms with Crippen LogP contribution in [0.25, 0.3) is 116 Å². The van der Waals surface area contributed by atoms with Crippen molar-refractivity contribution in [3.05, 3.63) is 279 Å². The lowest BCUT2D eigenvalue weighted by molar-refractivity contribution is 0.669. The summed E-state index contributed by atoms with van der Waals surface area (Å²) in [5.41, 5.74) is 20.2. The van der Waals surface area contributed by atoms with Crippen molar-refractivity contribution in [1.29, 1.82) is 0 Å². The predicted octanol–water partition coefficient (Wildman–Crippen LogP) is 19.6. The van der Waals surface area contributed by atoms with Gasteiger partial charge < -0.3 is 13.9 Å². The molecule has 0 saturated carbocycles. The molecule has 14 rings (SSSR count). The number of anilines is 3. The van der Waals surface area contributed by atoms with Gasteiger partial charge in [-0.3, -0.25) is 0 Å². The minimum atomic E-state index is 0.862. The summed E-state index contributed by atoms with van der Waals surface area (Å²) in [6.45, 7) is 0. The van der Waals surface area contributed by atoms with E-state index in [2.05, 4.69) is 282 Å². The Hall–Kier alpha value is -9.70. The Morgan fingerprint density at radius 1 is 0.288 bits per heavy atom. The molecule has 0 aliphatic heterocycles. The zero-order valence-electron chi connectivity index (χ0n) is 39.9. The largest absolute Gasteiger partial charge is 0.454 e. The van der Waals surface area contributed by atoms with E-state index in [1.165, 1.54) is 71.8 Å². The number of nitrogens with zero attached hydrogens (tertiary/aromatic N) is 2. The highest BCUT2D eigenvalue weighted by Gasteiger charge is 2.22. The van der Waals surface area contributed by atoms with Gasteiger partial charge in [0.25, 0.3) is 0 Å². The molecule has 0 aliphatic carbocycles. The monoisotopic (exact) mass is 930 g/mol. The maximum atomic E-state index is 6.83. The summed E-state index contributed by atoms with van der Waals surface area (Å²) in [5, 5.41) is 7.09. The fourth-order valence-corrected chi connectivity index (χ4v) is 11.0. The van der Waals surface area contributed by atoms with Crippen molar-refractivity contribution in [3.8, 4) is 61.3 Å². The van der Waals surface area contributed by atoms with Gasteiger partial charge in [-0.1, -0.05) is 212 Å². The number of benzene rings is 12. The highest BCUT2D eigenvalue weighted by molar-refractivity contribution is 6.23. The van der Waals surface area contributed by atoms with E-state index in [1.54, 1.807) is 0 Å². The Morgan fingerprint density at radius 3 is 1.27 bits per heavy atom. The summed E-state index contributed by atoms with van der Waals surface area (Å²) in [6.07, 6.45) is 0. The number of aromatic nitrogens is 1. The van der Waals surface area contributed by atoms with Crippen LogP contribution in [0.5, 0.6) is 0 Å². The first kappa shape index (κ1) is 42.2. The smallest absolute Gasteiger partial charge is 0.160 e. The minimum absolute atomic E-state index is 0.862. The molecule has 73 heavy (non-hydrogen) atoms. The summed E-state index contributed by atoms with van der Waals surface area (Å²) in [6, 6.07) is 101. The average molecular weight is 931 g/mol. The fraction of sp³-hybridized carbons (Fsp3) is 0. The lowest BCUT2D eigenvalue weighted by Crippen LogP contribution is -2.10. The van der Waals surface area contributed by atoms with E-state index in [1.807, 2.05) is 6.07 Å². The van der Waals surface area contributed by atoms with Crippen LogP contribution in [0.2, 0.25) is 0 Å². The minimum Gasteiger partial charge on any atom is -0.454 e. The second kappa shape index (κ2) is 17.6. The molecule has 0 atom stereocenters. The average Bonchev–Trinajstić information content (AvgIpc) is 4.03. The van der Waals surface area contributed by atoms with E-state index in [0.717, 1.165) is 61.1 Å². The molecular formula is C70H46N2O. The highest BCUT2D eigenvalue weighted by Crippen LogP contribution is 2.46. The molecule has 342 valence electrons. The third-order valence-electron chi connectivity index (χ3n) is 14.6. The van der Waals surface area contributed by atoms with E-state index >= 15 is 0 Å². The number of hydrogen-bond acceptors (Lipinski definition) is 2. The zero-order valence-corrected chi connectivity index (χ0v) is 39.9. The van der Waals surface area contributed by atoms with E-state index in [4.69, 9.17) is 4.42 Å². The highest BCUT2D eigenvalue weighted by atomic mass is 16.3. The van der Waals surface area contributed by atoms with Gasteiger partial charge >= 0.3 is 0 Å². The molecule has 3 heteroatoms. The molecule has 0 N–H and O–H groups in total. The van der Waals surface area contributed by atoms with Gasteiger partial charge in [0.2, 0.25) is 0 Å². The number of rotatable bonds is 9. The van der Waals surface area contributed by atoms with Gasteiger partial charge in [0.1, 0.15) is 5.58 Å². The van der Waals surface area contributed by atoms with E-state index in [-0.39, 0.29) is 0 Å². The summed E-state index contributed by atoms with van der Waals surface area (Å²) in [4.78, 5) is 2.34. The molecule has 0 aliphatic rings. The number of hydrogen-bond donors (Lipinski definition) is 0. The quantitative estimate of drug-likeness (QED) is 0.144. The van der Waals surface area contributed by atoms with Crippen molar-refractivity contribution in [2.24, 2.45) is 0 Å². The van der Waals surface area contributed by atoms with Gasteiger partial charge in [-0.15, -0.1) is 0 Å². The molecule has 0 saturated heterocycles. The first-order chi connectivity index (χ1) is 36.2. The van der Waals surface area contributed by atoms with Crippen LogP contribution in [0.3, 0.4) is 0 Å². The Bertz CT molecular complexity index is 4310. The van der Waals surface area contributed by atoms with Crippen LogP contribution in [-0.4, -0.2) is 4.57 Å². The molecule has 0 unspecified atom stereocenters. The molecule has 14 aromatic rings. The van der Waals surface area contributed by atoms with Crippen molar-refractivity contribution >= 4 is 71.6 Å². The van der Waals surface area contributed by atoms with Gasteiger partial charge in [0, 0.05) is 38.6 Å². The normalized spacial score (nSPS) is 11.6. The second-order valence-electron chi connectivity index (χ2n) is 18.9. The first-order valence-corrected chi connectivity index (χ1v) is 25.0. The summed E-state index contributed by atoms with van der Waals surface area (Å²) < 4.78 is 9.19. The Kier molecular flexibility index (Phi) is 10.2. The lowest BCUT2D eigenvalue weighted by atomic mass is 9.97. The van der Waals surface area contributed by atoms with Crippen LogP contribution in [0.1, 0.15) is 0 Å². The van der Waals surface area contributed by atoms with Crippen LogP contribution >= 0.6 is 0 Å². The Balaban J connectivity index is 0.779. The topological polar surface area (TPSA) is 21.3 Å². The Morgan fingerprint density at radius 2 is 0.699 bits per heavy atom. The van der Waals surface area contributed by atoms with Crippen molar-refractivity contribution < 1.29 is 4.42 Å². The molecule has 2 heterocycles. The molecule has 0 fully saturated rings. The van der Waals surface area contributed by atoms with E-state index in [9.17, 15) is 0 Å². The zero-order chi connectivity index (χ0) is 48.2. The van der Waals surface area contributed by atoms with Crippen molar-refractivity contribution in [1.82, 2.24) is 4.57 Å². The van der Waals surface area contributed by atoms with Gasteiger partial charge in [-0.2, -0.15) is 0 Å². The molecule has 0 spiro atoms. The maximum Gasteiger partial charge on any atom is 0.160 e. The number of para-hydroxylation sites is 3. The summed E-state index contributed by atoms with van der Waals surface area (Å²) in [7, 11) is 0. The van der Waals surface area contributed by atoms with Gasteiger partial charge in [-0.05, 0) is 133 Å². The number of fused-ring (bicyclic) bond motifs is 8. The number of furan rings is 1. The maximum absolute atomic E-state index is 6.83. The molecule has 0 bridgehead atoms. The van der Waals surface area contributed by atoms with Crippen molar-refractivity contribution in [2.75, 3.05) is 4.90 Å². The second-order valence-corrected chi connectivity index (χ2v) is 18.9. The Labute approximate surface area is 423 Å². The van der Waals surface area contributed by atoms with Crippen LogP contribution in [0, 0.1) is 0 Å². The van der Waals surface area contributed by atoms with Crippen LogP contribution in [0.4, 0.5) is 17.1 Å². The van der Waals surface area contributed by atoms with Crippen LogP contribution in [-0.2, 0) is 0 Å². The van der Waals surface area contributed by atoms with Gasteiger partial charge in [0.05, 0.1) is 16.7 Å². The molecule has 0 amide bonds. The molecular weight excluding hydrogens is 885 g/mol. The van der Waals surface area contributed by atoms with Crippen molar-refractivity contribution in [2.45, 2.75) is 0 Å². The SMILES string of the molecule is c1ccc(-c2ccc(-c3ccc(N(c4ccc(-c5ccc(-c6ccc(-c7ccc8c(c7)c7ccccc7n8-c7ccccc7)cc6)cc5)cc4)c4cc5ccccc5c5c4oc4ccccc45)cc3)cc2)cc1. The fourth-order valence-electron chi connectivity index (χ4n) is 11.0. The van der Waals surface area contributed by atoms with E-state index in [0.29, 0.717) is 0 Å². The van der Waals surface area contributed by atoms with Gasteiger partial charge in [0.15, 0.2) is 5.58 Å². The van der Waals surface area contributed by atoms with E-state index < -0.39 is 0 Å². The predicted molar refractivity (Wildman–Crippen MR) is 307 cm³/mol. The summed E-state index contributed by atoms with van der Waals surface area (Å²) in [5.74, 6) is 0. The molecule has 3 nitrogen and oxygen atoms in total. The third-order valence-corrected chi connectivity index (χ3v) is 14.6. The third kappa shape index (κ3) is 7.46. The molecule has 12 aromatic carbocycles. The van der Waals surface area contributed by atoms with Crippen LogP contribution in [0.15, 0.2) is 283 Å². The van der Waals surface area contributed by atoms with Gasteiger partial charge in [-0.25, -0.2) is 0 Å². The van der Waals surface area contributed by atoms with Crippen molar-refractivity contribution in [3.63, 3.8) is 0 Å². The lowest BCUT2D eigenvalue weighted by Gasteiger charge is -2.26. The first-order valence-electron chi connectivity index (χ1n) is 25.0. The van der Waals surface area contributed by atoms with Crippen LogP contribution < -0.4 is 4.90 Å². The molecule has 0 radical (unpaired) electrons. The summed E-state index contributed by atoms with van der Waals surface area (Å²) >= 11 is 0.